The third-order valence-corrected chi connectivity index (χ3v) is 9.53. The first-order valence-corrected chi connectivity index (χ1v) is 23.6. The van der Waals surface area contributed by atoms with E-state index >= 15 is 0 Å². The van der Waals surface area contributed by atoms with E-state index in [-0.39, 0.29) is 114 Å². The van der Waals surface area contributed by atoms with Gasteiger partial charge in [-0.1, -0.05) is 13.0 Å². The molecule has 7 amide bonds. The molecule has 0 fully saturated rings. The number of nitrogens with two attached hydrogens (primary N) is 3. The van der Waals surface area contributed by atoms with Gasteiger partial charge in [-0.05, 0) is 96.4 Å². The van der Waals surface area contributed by atoms with Gasteiger partial charge >= 0.3 is 0 Å². The van der Waals surface area contributed by atoms with Crippen molar-refractivity contribution >= 4 is 53.1 Å². The topological polar surface area (TPSA) is 319 Å². The van der Waals surface area contributed by atoms with Crippen molar-refractivity contribution in [3.8, 4) is 0 Å². The molecule has 3 atom stereocenters. The minimum absolute atomic E-state index is 0.0891. The Labute approximate surface area is 385 Å². The molecule has 0 rings (SSSR count). The Morgan fingerprint density at radius 1 is 0.531 bits per heavy atom. The van der Waals surface area contributed by atoms with Crippen molar-refractivity contribution in [2.45, 2.75) is 109 Å². The van der Waals surface area contributed by atoms with E-state index in [1.54, 1.807) is 25.9 Å². The summed E-state index contributed by atoms with van der Waals surface area (Å²) in [5, 5.41) is 21.5. The quantitative estimate of drug-likeness (QED) is 0.0331. The molecule has 0 aromatic carbocycles. The number of carbonyl (C=O) groups excluding carboxylic acids is 7. The standard InChI is InChI=1S/C37H72N10O11.C5H10S/c1-41-29(35(39)52)11-4-7-16-44-33(50)26-57-24-23-56-21-19-46-34(51)27-58-25-22-55-20-18-45-32(49)14-9-13-31(48)43-15-6-3-10-28(38)37(54)47-17-8-5-12-30(42-2)36(40)53;1-3-4-5-6-2/h28-30,41-42H,3-27,38H2,1-2H3,(H2,39,52)(H2,40,53)(H,43,48)(H,44,50)(H,45,49)(H,46,51)(H,47,54);4-5H,3H2,1-2H3/t28-,29-,30-;/m0./s1. The van der Waals surface area contributed by atoms with Gasteiger partial charge in [-0.2, -0.15) is 0 Å². The fourth-order valence-corrected chi connectivity index (χ4v) is 5.78. The zero-order valence-electron chi connectivity index (χ0n) is 38.9. The Balaban J connectivity index is 0. The Morgan fingerprint density at radius 2 is 0.938 bits per heavy atom. The van der Waals surface area contributed by atoms with Gasteiger partial charge in [-0.15, -0.1) is 11.8 Å². The fraction of sp³-hybridized carbons (Fsp3) is 0.786. The molecule has 0 radical (unpaired) electrons. The predicted octanol–water partition coefficient (Wildman–Crippen LogP) is -0.938. The predicted molar refractivity (Wildman–Crippen MR) is 249 cm³/mol. The highest BCUT2D eigenvalue weighted by Crippen LogP contribution is 2.03. The molecule has 64 heavy (non-hydrogen) atoms. The fourth-order valence-electron chi connectivity index (χ4n) is 5.40. The second-order valence-electron chi connectivity index (χ2n) is 14.5. The van der Waals surface area contributed by atoms with Gasteiger partial charge in [-0.3, -0.25) is 33.6 Å². The SMILES string of the molecule is CCC=CSC.CN[C@@H](CCCCNC(=O)COCCOCCNC(=O)COCCOCCNC(=O)CCCC(=O)NCCCC[C@H](N)C(=O)NCCCC[C@H](NC)C(N)=O)C(N)=O. The highest BCUT2D eigenvalue weighted by molar-refractivity contribution is 8.01. The monoisotopic (exact) mass is 935 g/mol. The lowest BCUT2D eigenvalue weighted by molar-refractivity contribution is -0.127. The number of nitrogens with one attached hydrogen (secondary N) is 7. The van der Waals surface area contributed by atoms with E-state index in [4.69, 9.17) is 36.1 Å². The summed E-state index contributed by atoms with van der Waals surface area (Å²) < 4.78 is 21.3. The lowest BCUT2D eigenvalue weighted by Crippen LogP contribution is -2.41. The molecule has 0 aromatic rings. The van der Waals surface area contributed by atoms with E-state index in [1.165, 1.54) is 0 Å². The second kappa shape index (κ2) is 45.7. The Morgan fingerprint density at radius 3 is 1.36 bits per heavy atom. The van der Waals surface area contributed by atoms with Crippen LogP contribution in [0.1, 0.15) is 90.4 Å². The van der Waals surface area contributed by atoms with Crippen molar-refractivity contribution in [3.05, 3.63) is 11.5 Å². The van der Waals surface area contributed by atoms with Crippen LogP contribution < -0.4 is 54.4 Å². The van der Waals surface area contributed by atoms with Crippen molar-refractivity contribution in [1.82, 2.24) is 37.2 Å². The van der Waals surface area contributed by atoms with Crippen LogP contribution in [0.3, 0.4) is 0 Å². The smallest absolute Gasteiger partial charge is 0.246 e. The summed E-state index contributed by atoms with van der Waals surface area (Å²) in [7, 11) is 3.35. The van der Waals surface area contributed by atoms with Crippen molar-refractivity contribution in [3.63, 3.8) is 0 Å². The molecule has 22 heteroatoms. The highest BCUT2D eigenvalue weighted by Gasteiger charge is 2.15. The first kappa shape index (κ1) is 62.2. The van der Waals surface area contributed by atoms with Gasteiger partial charge in [-0.25, -0.2) is 0 Å². The summed E-state index contributed by atoms with van der Waals surface area (Å²) in [4.78, 5) is 82.3. The molecule has 21 nitrogen and oxygen atoms in total. The number of thioether (sulfide) groups is 1. The van der Waals surface area contributed by atoms with E-state index in [0.29, 0.717) is 71.1 Å². The maximum atomic E-state index is 12.2. The molecule has 0 bridgehead atoms. The summed E-state index contributed by atoms with van der Waals surface area (Å²) in [5.41, 5.74) is 16.5. The van der Waals surface area contributed by atoms with E-state index in [2.05, 4.69) is 61.9 Å². The lowest BCUT2D eigenvalue weighted by Gasteiger charge is -2.14. The molecule has 0 aliphatic rings. The summed E-state index contributed by atoms with van der Waals surface area (Å²) in [5.74, 6) is -1.90. The first-order valence-electron chi connectivity index (χ1n) is 22.3. The lowest BCUT2D eigenvalue weighted by atomic mass is 10.1. The number of unbranched alkanes of at least 4 members (excludes halogenated alkanes) is 3. The summed E-state index contributed by atoms with van der Waals surface area (Å²) in [6.45, 7) is 5.38. The Bertz CT molecular complexity index is 1280. The molecule has 0 aromatic heterocycles. The van der Waals surface area contributed by atoms with E-state index in [0.717, 1.165) is 25.7 Å². The van der Waals surface area contributed by atoms with Crippen molar-refractivity contribution in [2.24, 2.45) is 17.2 Å². The minimum atomic E-state index is -0.632. The van der Waals surface area contributed by atoms with Gasteiger partial charge in [0.15, 0.2) is 0 Å². The number of carbonyl (C=O) groups is 7. The van der Waals surface area contributed by atoms with Crippen LogP contribution in [0, 0.1) is 0 Å². The molecular formula is C42H82N10O11S. The number of hydrogen-bond donors (Lipinski definition) is 10. The molecule has 0 saturated carbocycles. The molecule has 0 unspecified atom stereocenters. The third-order valence-electron chi connectivity index (χ3n) is 9.07. The van der Waals surface area contributed by atoms with E-state index < -0.39 is 17.9 Å². The van der Waals surface area contributed by atoms with E-state index in [9.17, 15) is 33.6 Å². The molecular weight excluding hydrogens is 853 g/mol. The summed E-state index contributed by atoms with van der Waals surface area (Å²) in [6.07, 6.45) is 12.1. The van der Waals surface area contributed by atoms with Crippen LogP contribution in [0.2, 0.25) is 0 Å². The normalized spacial score (nSPS) is 12.3. The van der Waals surface area contributed by atoms with Gasteiger partial charge in [0.05, 0.1) is 57.8 Å². The number of primary amides is 2. The average molecular weight is 935 g/mol. The van der Waals surface area contributed by atoms with Gasteiger partial charge in [0.25, 0.3) is 0 Å². The number of likely N-dealkylation sites (N-methyl/N-ethyl adjacent to an activating group) is 2. The van der Waals surface area contributed by atoms with Crippen LogP contribution in [0.15, 0.2) is 11.5 Å². The van der Waals surface area contributed by atoms with Crippen LogP contribution in [0.25, 0.3) is 0 Å². The highest BCUT2D eigenvalue weighted by atomic mass is 32.2. The maximum absolute atomic E-state index is 12.2. The third kappa shape index (κ3) is 42.1. The molecule has 0 heterocycles. The van der Waals surface area contributed by atoms with Gasteiger partial charge in [0.2, 0.25) is 41.4 Å². The van der Waals surface area contributed by atoms with Gasteiger partial charge < -0.3 is 73.4 Å². The zero-order chi connectivity index (χ0) is 48.1. The van der Waals surface area contributed by atoms with Crippen molar-refractivity contribution < 1.29 is 52.5 Å². The number of allylic oxidation sites excluding steroid dienone is 1. The van der Waals surface area contributed by atoms with Crippen molar-refractivity contribution in [2.75, 3.05) is 106 Å². The average Bonchev–Trinajstić information content (AvgIpc) is 3.26. The summed E-state index contributed by atoms with van der Waals surface area (Å²) >= 11 is 1.75. The maximum Gasteiger partial charge on any atom is 0.246 e. The van der Waals surface area contributed by atoms with Gasteiger partial charge in [0.1, 0.15) is 13.2 Å². The van der Waals surface area contributed by atoms with Crippen LogP contribution in [0.5, 0.6) is 0 Å². The van der Waals surface area contributed by atoms with E-state index in [1.807, 2.05) is 0 Å². The first-order chi connectivity index (χ1) is 30.8. The molecule has 0 saturated heterocycles. The van der Waals surface area contributed by atoms with Gasteiger partial charge in [0, 0.05) is 45.6 Å². The second-order valence-corrected chi connectivity index (χ2v) is 15.2. The van der Waals surface area contributed by atoms with Crippen LogP contribution in [0.4, 0.5) is 0 Å². The van der Waals surface area contributed by atoms with Crippen molar-refractivity contribution in [1.29, 1.82) is 0 Å². The number of hydrogen-bond acceptors (Lipinski definition) is 15. The number of amides is 7. The zero-order valence-corrected chi connectivity index (χ0v) is 39.7. The van der Waals surface area contributed by atoms with Crippen LogP contribution >= 0.6 is 11.8 Å². The number of rotatable bonds is 42. The molecule has 0 spiro atoms. The number of ether oxygens (including phenoxy) is 4. The van der Waals surface area contributed by atoms with Crippen LogP contribution in [-0.4, -0.2) is 165 Å². The molecule has 13 N–H and O–H groups in total. The molecule has 0 aliphatic heterocycles. The molecule has 0 aliphatic carbocycles. The Hall–Kier alpha value is -3.90. The largest absolute Gasteiger partial charge is 0.377 e. The molecule has 372 valence electrons. The Kier molecular flexibility index (Phi) is 44.4. The minimum Gasteiger partial charge on any atom is -0.377 e. The van der Waals surface area contributed by atoms with Crippen LogP contribution in [-0.2, 0) is 52.5 Å². The summed E-state index contributed by atoms with van der Waals surface area (Å²) in [6, 6.07) is -1.38.